The summed E-state index contributed by atoms with van der Waals surface area (Å²) in [6.45, 7) is 2.21. The van der Waals surface area contributed by atoms with Crippen LogP contribution in [0.4, 0.5) is 0 Å². The van der Waals surface area contributed by atoms with Crippen molar-refractivity contribution in [1.82, 2.24) is 0 Å². The van der Waals surface area contributed by atoms with Gasteiger partial charge >= 0.3 is 47.3 Å². The van der Waals surface area contributed by atoms with Crippen molar-refractivity contribution >= 4 is 47.3 Å². The Labute approximate surface area is 151 Å². The maximum absolute atomic E-state index is 10.9. The van der Waals surface area contributed by atoms with Crippen molar-refractivity contribution < 1.29 is 26.7 Å². The SMILES string of the molecule is CCCCCCCCCCCCOS(=O)(=O)OB(O)O.[NaH]. The third kappa shape index (κ3) is 18.8. The van der Waals surface area contributed by atoms with Crippen LogP contribution in [0.3, 0.4) is 0 Å². The minimum atomic E-state index is -4.29. The van der Waals surface area contributed by atoms with E-state index in [2.05, 4.69) is 15.2 Å². The average Bonchev–Trinajstić information content (AvgIpc) is 2.34. The Bertz CT molecular complexity index is 313. The third-order valence-corrected chi connectivity index (χ3v) is 3.79. The maximum atomic E-state index is 10.9. The van der Waals surface area contributed by atoms with Crippen LogP contribution in [0, 0.1) is 0 Å². The van der Waals surface area contributed by atoms with Gasteiger partial charge in [0.2, 0.25) is 0 Å². The standard InChI is InChI=1S/C12H27BO6S.Na.H/c1-2-3-4-5-6-7-8-9-10-11-12-18-20(16,17)19-13(14)15;;/h14-15H,2-12H2,1H3;;. The van der Waals surface area contributed by atoms with Crippen molar-refractivity contribution in [3.63, 3.8) is 0 Å². The Morgan fingerprint density at radius 1 is 0.857 bits per heavy atom. The first-order chi connectivity index (χ1) is 9.48. The van der Waals surface area contributed by atoms with Crippen molar-refractivity contribution in [2.75, 3.05) is 6.61 Å². The molecule has 0 aromatic heterocycles. The van der Waals surface area contributed by atoms with E-state index in [9.17, 15) is 8.42 Å². The Kier molecular flexibility index (Phi) is 18.1. The van der Waals surface area contributed by atoms with E-state index in [4.69, 9.17) is 10.0 Å². The first kappa shape index (κ1) is 24.1. The molecule has 0 aromatic carbocycles. The van der Waals surface area contributed by atoms with Gasteiger partial charge in [-0.2, -0.15) is 8.42 Å². The molecule has 0 saturated carbocycles. The predicted molar refractivity (Wildman–Crippen MR) is 85.1 cm³/mol. The molecule has 122 valence electrons. The van der Waals surface area contributed by atoms with Crippen LogP contribution in [0.2, 0.25) is 0 Å². The van der Waals surface area contributed by atoms with Crippen LogP contribution in [0.15, 0.2) is 0 Å². The van der Waals surface area contributed by atoms with E-state index in [1.54, 1.807) is 0 Å². The van der Waals surface area contributed by atoms with Crippen LogP contribution in [0.1, 0.15) is 71.1 Å². The first-order valence-corrected chi connectivity index (χ1v) is 8.75. The molecule has 0 amide bonds. The number of unbranched alkanes of at least 4 members (excludes halogenated alkanes) is 9. The molecule has 0 saturated heterocycles. The summed E-state index contributed by atoms with van der Waals surface area (Å²) in [5, 5.41) is 16.7. The van der Waals surface area contributed by atoms with Crippen LogP contribution >= 0.6 is 0 Å². The molecule has 0 aliphatic rings. The van der Waals surface area contributed by atoms with E-state index in [0.717, 1.165) is 19.3 Å². The summed E-state index contributed by atoms with van der Waals surface area (Å²) in [6, 6.07) is 0. The van der Waals surface area contributed by atoms with E-state index in [1.807, 2.05) is 0 Å². The van der Waals surface area contributed by atoms with Gasteiger partial charge in [0.05, 0.1) is 6.61 Å². The van der Waals surface area contributed by atoms with Gasteiger partial charge in [-0.05, 0) is 6.42 Å². The Balaban J connectivity index is 0. The minimum absolute atomic E-state index is 0. The van der Waals surface area contributed by atoms with Crippen LogP contribution in [0.25, 0.3) is 0 Å². The molecule has 0 rings (SSSR count). The van der Waals surface area contributed by atoms with Gasteiger partial charge in [-0.1, -0.05) is 64.7 Å². The van der Waals surface area contributed by atoms with Gasteiger partial charge < -0.3 is 10.0 Å². The molecule has 0 aliphatic carbocycles. The molecule has 0 heterocycles. The topological polar surface area (TPSA) is 93.1 Å². The van der Waals surface area contributed by atoms with Crippen molar-refractivity contribution in [3.05, 3.63) is 0 Å². The second-order valence-electron chi connectivity index (χ2n) is 4.83. The molecule has 21 heavy (non-hydrogen) atoms. The number of hydrogen-bond donors (Lipinski definition) is 2. The third-order valence-electron chi connectivity index (χ3n) is 2.93. The molecule has 2 N–H and O–H groups in total. The fourth-order valence-corrected chi connectivity index (χ4v) is 2.47. The molecule has 9 heteroatoms. The summed E-state index contributed by atoms with van der Waals surface area (Å²) in [6.07, 6.45) is 11.4. The van der Waals surface area contributed by atoms with E-state index in [1.165, 1.54) is 38.5 Å². The Morgan fingerprint density at radius 2 is 1.29 bits per heavy atom. The van der Waals surface area contributed by atoms with Gasteiger partial charge in [0.25, 0.3) is 0 Å². The molecule has 0 bridgehead atoms. The van der Waals surface area contributed by atoms with Gasteiger partial charge in [-0.25, -0.2) is 8.28 Å². The van der Waals surface area contributed by atoms with Gasteiger partial charge in [0.15, 0.2) is 0 Å². The van der Waals surface area contributed by atoms with Gasteiger partial charge in [-0.15, -0.1) is 0 Å². The summed E-state index contributed by atoms with van der Waals surface area (Å²) in [4.78, 5) is 0. The van der Waals surface area contributed by atoms with Gasteiger partial charge in [0.1, 0.15) is 0 Å². The molecule has 0 atom stereocenters. The molecule has 0 unspecified atom stereocenters. The van der Waals surface area contributed by atoms with E-state index in [0.29, 0.717) is 6.42 Å². The molecule has 0 aliphatic heterocycles. The molecule has 0 radical (unpaired) electrons. The van der Waals surface area contributed by atoms with E-state index < -0.39 is 17.7 Å². The molecule has 0 aromatic rings. The Hall–Kier alpha value is 0.855. The monoisotopic (exact) mass is 334 g/mol. The average molecular weight is 334 g/mol. The molecule has 6 nitrogen and oxygen atoms in total. The second kappa shape index (κ2) is 15.7. The molecular formula is C12H28BNaO6S. The normalized spacial score (nSPS) is 11.2. The quantitative estimate of drug-likeness (QED) is 0.369. The molecular weight excluding hydrogens is 306 g/mol. The van der Waals surface area contributed by atoms with Gasteiger partial charge in [0, 0.05) is 0 Å². The summed E-state index contributed by atoms with van der Waals surface area (Å²) < 4.78 is 30.1. The van der Waals surface area contributed by atoms with Crippen LogP contribution in [-0.2, 0) is 18.7 Å². The summed E-state index contributed by atoms with van der Waals surface area (Å²) >= 11 is 0. The van der Waals surface area contributed by atoms with E-state index >= 15 is 0 Å². The first-order valence-electron chi connectivity index (χ1n) is 7.41. The van der Waals surface area contributed by atoms with Crippen LogP contribution in [-0.4, -0.2) is 62.0 Å². The van der Waals surface area contributed by atoms with Gasteiger partial charge in [-0.3, -0.25) is 0 Å². The zero-order valence-corrected chi connectivity index (χ0v) is 13.1. The van der Waals surface area contributed by atoms with Crippen molar-refractivity contribution in [2.45, 2.75) is 71.1 Å². The van der Waals surface area contributed by atoms with Crippen molar-refractivity contribution in [1.29, 1.82) is 0 Å². The second-order valence-corrected chi connectivity index (χ2v) is 6.08. The molecule has 0 fully saturated rings. The zero-order chi connectivity index (χ0) is 15.3. The number of rotatable bonds is 14. The van der Waals surface area contributed by atoms with E-state index in [-0.39, 0.29) is 36.2 Å². The Morgan fingerprint density at radius 3 is 1.71 bits per heavy atom. The fourth-order valence-electron chi connectivity index (χ4n) is 1.88. The van der Waals surface area contributed by atoms with Crippen LogP contribution < -0.4 is 0 Å². The summed E-state index contributed by atoms with van der Waals surface area (Å²) in [5.74, 6) is 0. The fraction of sp³-hybridized carbons (Fsp3) is 1.00. The van der Waals surface area contributed by atoms with Crippen molar-refractivity contribution in [3.8, 4) is 0 Å². The summed E-state index contributed by atoms with van der Waals surface area (Å²) in [7, 11) is -6.66. The van der Waals surface area contributed by atoms with Crippen LogP contribution in [0.5, 0.6) is 0 Å². The summed E-state index contributed by atoms with van der Waals surface area (Å²) in [5.41, 5.74) is 0. The number of hydrogen-bond acceptors (Lipinski definition) is 6. The van der Waals surface area contributed by atoms with Crippen molar-refractivity contribution in [2.24, 2.45) is 0 Å². The zero-order valence-electron chi connectivity index (χ0n) is 12.3. The predicted octanol–water partition coefficient (Wildman–Crippen LogP) is 1.51. The molecule has 0 spiro atoms.